The quantitative estimate of drug-likeness (QED) is 0.611. The molecule has 0 fully saturated rings. The van der Waals surface area contributed by atoms with Gasteiger partial charge >= 0.3 is 0 Å². The Hall–Kier alpha value is -2.93. The lowest BCUT2D eigenvalue weighted by Crippen LogP contribution is -2.07. The predicted molar refractivity (Wildman–Crippen MR) is 98.8 cm³/mol. The van der Waals surface area contributed by atoms with E-state index in [1.165, 1.54) is 42.7 Å². The molecule has 138 valence electrons. The first-order chi connectivity index (χ1) is 12.8. The molecule has 0 aliphatic rings. The topological polar surface area (TPSA) is 77.0 Å². The predicted octanol–water partition coefficient (Wildman–Crippen LogP) is 3.04. The maximum absolute atomic E-state index is 12.9. The number of carbonyl (C=O) groups is 1. The summed E-state index contributed by atoms with van der Waals surface area (Å²) in [4.78, 5) is 21.0. The zero-order chi connectivity index (χ0) is 19.4. The van der Waals surface area contributed by atoms with Crippen LogP contribution in [0, 0.1) is 5.82 Å². The fourth-order valence-electron chi connectivity index (χ4n) is 2.54. The molecule has 3 aromatic rings. The molecular formula is C20H17FN2O3S. The van der Waals surface area contributed by atoms with E-state index in [1.54, 1.807) is 18.2 Å². The average Bonchev–Trinajstić information content (AvgIpc) is 2.67. The number of carbonyl (C=O) groups excluding carboxylic acids is 1. The molecule has 0 radical (unpaired) electrons. The molecule has 0 aliphatic carbocycles. The summed E-state index contributed by atoms with van der Waals surface area (Å²) in [6, 6.07) is 12.1. The van der Waals surface area contributed by atoms with Crippen LogP contribution in [-0.4, -0.2) is 30.4 Å². The summed E-state index contributed by atoms with van der Waals surface area (Å²) >= 11 is 0. The summed E-state index contributed by atoms with van der Waals surface area (Å²) in [6.45, 7) is 0. The molecule has 0 bridgehead atoms. The lowest BCUT2D eigenvalue weighted by atomic mass is 10.1. The summed E-state index contributed by atoms with van der Waals surface area (Å²) in [6.07, 6.45) is 5.17. The highest BCUT2D eigenvalue weighted by Crippen LogP contribution is 2.15. The SMILES string of the molecule is CS(=O)(=O)c1cccc(C(=O)c2cnc(CCc3ccc(F)cc3)nc2)c1. The molecule has 0 amide bonds. The lowest BCUT2D eigenvalue weighted by molar-refractivity contribution is 0.103. The summed E-state index contributed by atoms with van der Waals surface area (Å²) in [5.41, 5.74) is 1.52. The molecule has 1 aromatic heterocycles. The number of nitrogens with zero attached hydrogens (tertiary/aromatic N) is 2. The van der Waals surface area contributed by atoms with E-state index in [-0.39, 0.29) is 27.6 Å². The number of rotatable bonds is 6. The van der Waals surface area contributed by atoms with Gasteiger partial charge in [-0.3, -0.25) is 4.79 Å². The largest absolute Gasteiger partial charge is 0.288 e. The van der Waals surface area contributed by atoms with Gasteiger partial charge in [0.25, 0.3) is 0 Å². The monoisotopic (exact) mass is 384 g/mol. The number of ketones is 1. The van der Waals surface area contributed by atoms with E-state index in [2.05, 4.69) is 9.97 Å². The zero-order valence-electron chi connectivity index (χ0n) is 14.6. The standard InChI is InChI=1S/C20H17FN2O3S/c1-27(25,26)18-4-2-3-15(11-18)20(24)16-12-22-19(23-13-16)10-7-14-5-8-17(21)9-6-14/h2-6,8-9,11-13H,7,10H2,1H3. The van der Waals surface area contributed by atoms with Crippen molar-refractivity contribution in [3.63, 3.8) is 0 Å². The number of hydrogen-bond acceptors (Lipinski definition) is 5. The van der Waals surface area contributed by atoms with Crippen LogP contribution in [0.3, 0.4) is 0 Å². The molecule has 0 spiro atoms. The molecule has 27 heavy (non-hydrogen) atoms. The van der Waals surface area contributed by atoms with Crippen molar-refractivity contribution in [3.8, 4) is 0 Å². The summed E-state index contributed by atoms with van der Waals surface area (Å²) < 4.78 is 36.2. The minimum Gasteiger partial charge on any atom is -0.288 e. The number of hydrogen-bond donors (Lipinski definition) is 0. The van der Waals surface area contributed by atoms with Gasteiger partial charge in [0.05, 0.1) is 10.5 Å². The number of aryl methyl sites for hydroxylation is 2. The van der Waals surface area contributed by atoms with E-state index in [1.807, 2.05) is 0 Å². The second-order valence-electron chi connectivity index (χ2n) is 6.14. The normalized spacial score (nSPS) is 11.3. The van der Waals surface area contributed by atoms with Crippen LogP contribution in [0.15, 0.2) is 65.8 Å². The van der Waals surface area contributed by atoms with Crippen LogP contribution in [0.5, 0.6) is 0 Å². The Balaban J connectivity index is 1.71. The first kappa shape index (κ1) is 18.8. The van der Waals surface area contributed by atoms with Crippen molar-refractivity contribution in [2.75, 3.05) is 6.26 Å². The van der Waals surface area contributed by atoms with Crippen LogP contribution in [0.25, 0.3) is 0 Å². The fourth-order valence-corrected chi connectivity index (χ4v) is 3.21. The Morgan fingerprint density at radius 3 is 2.26 bits per heavy atom. The molecule has 5 nitrogen and oxygen atoms in total. The van der Waals surface area contributed by atoms with Gasteiger partial charge < -0.3 is 0 Å². The van der Waals surface area contributed by atoms with E-state index in [9.17, 15) is 17.6 Å². The summed E-state index contributed by atoms with van der Waals surface area (Å²) in [5, 5.41) is 0. The van der Waals surface area contributed by atoms with Crippen molar-refractivity contribution in [1.29, 1.82) is 0 Å². The van der Waals surface area contributed by atoms with Gasteiger partial charge in [0, 0.05) is 30.6 Å². The minimum absolute atomic E-state index is 0.0881. The molecule has 0 saturated heterocycles. The third-order valence-electron chi connectivity index (χ3n) is 4.04. The maximum atomic E-state index is 12.9. The van der Waals surface area contributed by atoms with E-state index in [0.717, 1.165) is 11.8 Å². The van der Waals surface area contributed by atoms with Crippen molar-refractivity contribution in [3.05, 3.63) is 89.3 Å². The third-order valence-corrected chi connectivity index (χ3v) is 5.15. The molecule has 0 N–H and O–H groups in total. The van der Waals surface area contributed by atoms with Gasteiger partial charge in [0.15, 0.2) is 15.6 Å². The van der Waals surface area contributed by atoms with Gasteiger partial charge in [-0.25, -0.2) is 22.8 Å². The van der Waals surface area contributed by atoms with Crippen molar-refractivity contribution in [1.82, 2.24) is 9.97 Å². The van der Waals surface area contributed by atoms with Gasteiger partial charge in [0.1, 0.15) is 11.6 Å². The first-order valence-electron chi connectivity index (χ1n) is 8.23. The minimum atomic E-state index is -3.39. The van der Waals surface area contributed by atoms with Crippen LogP contribution in [0.2, 0.25) is 0 Å². The molecule has 2 aromatic carbocycles. The van der Waals surface area contributed by atoms with Gasteiger partial charge in [-0.15, -0.1) is 0 Å². The Morgan fingerprint density at radius 1 is 0.963 bits per heavy atom. The zero-order valence-corrected chi connectivity index (χ0v) is 15.4. The average molecular weight is 384 g/mol. The Bertz CT molecular complexity index is 1060. The van der Waals surface area contributed by atoms with E-state index < -0.39 is 9.84 Å². The van der Waals surface area contributed by atoms with Gasteiger partial charge in [-0.2, -0.15) is 0 Å². The maximum Gasteiger partial charge on any atom is 0.196 e. The van der Waals surface area contributed by atoms with Crippen LogP contribution < -0.4 is 0 Å². The number of benzene rings is 2. The molecule has 1 heterocycles. The number of halogens is 1. The Morgan fingerprint density at radius 2 is 1.63 bits per heavy atom. The van der Waals surface area contributed by atoms with E-state index in [4.69, 9.17) is 0 Å². The highest BCUT2D eigenvalue weighted by molar-refractivity contribution is 7.90. The van der Waals surface area contributed by atoms with Crippen molar-refractivity contribution < 1.29 is 17.6 Å². The second kappa shape index (κ2) is 7.75. The van der Waals surface area contributed by atoms with Crippen LogP contribution in [0.1, 0.15) is 27.3 Å². The number of sulfone groups is 1. The smallest absolute Gasteiger partial charge is 0.196 e. The summed E-state index contributed by atoms with van der Waals surface area (Å²) in [7, 11) is -3.39. The Kier molecular flexibility index (Phi) is 5.41. The lowest BCUT2D eigenvalue weighted by Gasteiger charge is -2.05. The molecular weight excluding hydrogens is 367 g/mol. The second-order valence-corrected chi connectivity index (χ2v) is 8.16. The van der Waals surface area contributed by atoms with Crippen LogP contribution in [-0.2, 0) is 22.7 Å². The highest BCUT2D eigenvalue weighted by Gasteiger charge is 2.14. The van der Waals surface area contributed by atoms with Gasteiger partial charge in [0.2, 0.25) is 0 Å². The fraction of sp³-hybridized carbons (Fsp3) is 0.150. The summed E-state index contributed by atoms with van der Waals surface area (Å²) in [5.74, 6) is -0.0517. The van der Waals surface area contributed by atoms with Crippen molar-refractivity contribution in [2.24, 2.45) is 0 Å². The molecule has 3 rings (SSSR count). The van der Waals surface area contributed by atoms with Crippen molar-refractivity contribution >= 4 is 15.6 Å². The number of aromatic nitrogens is 2. The molecule has 7 heteroatoms. The first-order valence-corrected chi connectivity index (χ1v) is 10.1. The Labute approximate surface area is 156 Å². The highest BCUT2D eigenvalue weighted by atomic mass is 32.2. The van der Waals surface area contributed by atoms with Crippen LogP contribution in [0.4, 0.5) is 4.39 Å². The molecule has 0 saturated carbocycles. The van der Waals surface area contributed by atoms with Gasteiger partial charge in [-0.05, 0) is 36.2 Å². The molecule has 0 atom stereocenters. The van der Waals surface area contributed by atoms with Crippen LogP contribution >= 0.6 is 0 Å². The van der Waals surface area contributed by atoms with E-state index >= 15 is 0 Å². The van der Waals surface area contributed by atoms with E-state index in [0.29, 0.717) is 18.7 Å². The van der Waals surface area contributed by atoms with Crippen molar-refractivity contribution in [2.45, 2.75) is 17.7 Å². The third kappa shape index (κ3) is 4.83. The molecule has 0 unspecified atom stereocenters. The van der Waals surface area contributed by atoms with Gasteiger partial charge in [-0.1, -0.05) is 24.3 Å². The molecule has 0 aliphatic heterocycles.